The maximum atomic E-state index is 13.1. The van der Waals surface area contributed by atoms with E-state index >= 15 is 0 Å². The van der Waals surface area contributed by atoms with Gasteiger partial charge >= 0.3 is 0 Å². The number of aryl methyl sites for hydroxylation is 2. The number of rotatable bonds is 3. The van der Waals surface area contributed by atoms with E-state index in [9.17, 15) is 4.79 Å². The number of benzene rings is 1. The molecule has 1 aromatic carbocycles. The highest BCUT2D eigenvalue weighted by Crippen LogP contribution is 2.26. The lowest BCUT2D eigenvalue weighted by Crippen LogP contribution is -2.42. The number of para-hydroxylation sites is 1. The molecule has 0 saturated carbocycles. The molecule has 4 rings (SSSR count). The number of piperidine rings is 1. The minimum Gasteiger partial charge on any atom is -0.381 e. The zero-order valence-electron chi connectivity index (χ0n) is 15.3. The highest BCUT2D eigenvalue weighted by atomic mass is 35.5. The molecule has 0 spiro atoms. The van der Waals surface area contributed by atoms with E-state index in [0.29, 0.717) is 46.5 Å². The molecule has 2 aromatic heterocycles. The molecular formula is C20H21ClN4O2. The Bertz CT molecular complexity index is 993. The number of nitrogens with one attached hydrogen (secondary N) is 1. The molecule has 1 saturated heterocycles. The van der Waals surface area contributed by atoms with Gasteiger partial charge in [0.2, 0.25) is 0 Å². The molecule has 0 aliphatic carbocycles. The van der Waals surface area contributed by atoms with Gasteiger partial charge in [-0.15, -0.1) is 0 Å². The number of aromatic nitrogens is 2. The van der Waals surface area contributed by atoms with Gasteiger partial charge in [0.05, 0.1) is 27.4 Å². The molecule has 140 valence electrons. The Balaban J connectivity index is 1.48. The Morgan fingerprint density at radius 3 is 2.74 bits per heavy atom. The summed E-state index contributed by atoms with van der Waals surface area (Å²) in [6.45, 7) is 5.06. The second-order valence-corrected chi connectivity index (χ2v) is 7.36. The van der Waals surface area contributed by atoms with E-state index in [2.05, 4.69) is 15.5 Å². The Hall–Kier alpha value is -2.60. The molecule has 3 heterocycles. The van der Waals surface area contributed by atoms with Crippen LogP contribution in [0.15, 0.2) is 34.9 Å². The van der Waals surface area contributed by atoms with Gasteiger partial charge in [-0.1, -0.05) is 28.9 Å². The quantitative estimate of drug-likeness (QED) is 0.732. The molecule has 0 unspecified atom stereocenters. The number of pyridine rings is 1. The van der Waals surface area contributed by atoms with E-state index in [1.54, 1.807) is 0 Å². The van der Waals surface area contributed by atoms with E-state index in [-0.39, 0.29) is 5.91 Å². The summed E-state index contributed by atoms with van der Waals surface area (Å²) in [5.41, 5.74) is 3.42. The number of carbonyl (C=O) groups excluding carboxylic acids is 1. The first-order valence-corrected chi connectivity index (χ1v) is 9.44. The third-order valence-corrected chi connectivity index (χ3v) is 5.32. The average molecular weight is 385 g/mol. The monoisotopic (exact) mass is 384 g/mol. The van der Waals surface area contributed by atoms with Crippen molar-refractivity contribution < 1.29 is 9.32 Å². The molecule has 6 nitrogen and oxygen atoms in total. The topological polar surface area (TPSA) is 71.3 Å². The van der Waals surface area contributed by atoms with E-state index in [0.717, 1.165) is 24.2 Å². The second-order valence-electron chi connectivity index (χ2n) is 6.95. The van der Waals surface area contributed by atoms with Gasteiger partial charge in [-0.05, 0) is 44.9 Å². The van der Waals surface area contributed by atoms with Crippen molar-refractivity contribution in [3.63, 3.8) is 0 Å². The van der Waals surface area contributed by atoms with Crippen LogP contribution in [0, 0.1) is 13.8 Å². The standard InChI is InChI=1S/C20H21ClN4O2/c1-12-11-15(18-13(2)24-27-19(18)22-12)20(26)25-9-7-14(8-10-25)23-17-6-4-3-5-16(17)21/h3-6,11,14,23H,7-10H2,1-2H3. The molecule has 1 aliphatic rings. The van der Waals surface area contributed by atoms with E-state index in [1.807, 2.05) is 49.1 Å². The number of likely N-dealkylation sites (tertiary alicyclic amines) is 1. The first kappa shape index (κ1) is 17.8. The molecule has 0 radical (unpaired) electrons. The molecule has 27 heavy (non-hydrogen) atoms. The van der Waals surface area contributed by atoms with Crippen LogP contribution in [0.3, 0.4) is 0 Å². The lowest BCUT2D eigenvalue weighted by atomic mass is 10.0. The SMILES string of the molecule is Cc1cc(C(=O)N2CCC(Nc3ccccc3Cl)CC2)c2c(C)noc2n1. The molecule has 0 atom stereocenters. The summed E-state index contributed by atoms with van der Waals surface area (Å²) in [6.07, 6.45) is 1.74. The third kappa shape index (κ3) is 3.49. The van der Waals surface area contributed by atoms with Crippen molar-refractivity contribution in [2.24, 2.45) is 0 Å². The molecule has 7 heteroatoms. The summed E-state index contributed by atoms with van der Waals surface area (Å²) >= 11 is 6.23. The minimum absolute atomic E-state index is 0.00740. The van der Waals surface area contributed by atoms with Gasteiger partial charge in [0.25, 0.3) is 11.6 Å². The van der Waals surface area contributed by atoms with Crippen LogP contribution in [0.1, 0.15) is 34.6 Å². The minimum atomic E-state index is 0.00740. The van der Waals surface area contributed by atoms with Crippen LogP contribution in [0.4, 0.5) is 5.69 Å². The van der Waals surface area contributed by atoms with Gasteiger partial charge in [0.1, 0.15) is 0 Å². The van der Waals surface area contributed by atoms with Crippen LogP contribution < -0.4 is 5.32 Å². The summed E-state index contributed by atoms with van der Waals surface area (Å²) < 4.78 is 5.25. The van der Waals surface area contributed by atoms with Crippen molar-refractivity contribution in [3.8, 4) is 0 Å². The number of hydrogen-bond acceptors (Lipinski definition) is 5. The van der Waals surface area contributed by atoms with Crippen molar-refractivity contribution in [2.45, 2.75) is 32.7 Å². The van der Waals surface area contributed by atoms with Gasteiger partial charge in [0.15, 0.2) is 0 Å². The summed E-state index contributed by atoms with van der Waals surface area (Å²) in [4.78, 5) is 19.3. The van der Waals surface area contributed by atoms with Gasteiger partial charge in [0, 0.05) is 24.8 Å². The normalized spacial score (nSPS) is 15.3. The maximum Gasteiger partial charge on any atom is 0.258 e. The fourth-order valence-corrected chi connectivity index (χ4v) is 3.77. The van der Waals surface area contributed by atoms with E-state index in [4.69, 9.17) is 16.1 Å². The number of halogens is 1. The molecule has 1 amide bonds. The Morgan fingerprint density at radius 2 is 2.00 bits per heavy atom. The number of nitrogens with zero attached hydrogens (tertiary/aromatic N) is 3. The average Bonchev–Trinajstić information content (AvgIpc) is 3.04. The summed E-state index contributed by atoms with van der Waals surface area (Å²) in [5, 5.41) is 8.88. The highest BCUT2D eigenvalue weighted by Gasteiger charge is 2.27. The van der Waals surface area contributed by atoms with E-state index < -0.39 is 0 Å². The number of hydrogen-bond donors (Lipinski definition) is 1. The first-order valence-electron chi connectivity index (χ1n) is 9.07. The third-order valence-electron chi connectivity index (χ3n) is 4.99. The maximum absolute atomic E-state index is 13.1. The van der Waals surface area contributed by atoms with Crippen LogP contribution in [-0.2, 0) is 0 Å². The van der Waals surface area contributed by atoms with Gasteiger partial charge in [-0.2, -0.15) is 0 Å². The predicted octanol–water partition coefficient (Wildman–Crippen LogP) is 4.21. The van der Waals surface area contributed by atoms with Crippen molar-refractivity contribution in [2.75, 3.05) is 18.4 Å². The van der Waals surface area contributed by atoms with Gasteiger partial charge < -0.3 is 14.7 Å². The summed E-state index contributed by atoms with van der Waals surface area (Å²) in [7, 11) is 0. The zero-order chi connectivity index (χ0) is 19.0. The number of anilines is 1. The predicted molar refractivity (Wildman–Crippen MR) is 105 cm³/mol. The summed E-state index contributed by atoms with van der Waals surface area (Å²) in [5.74, 6) is 0.00740. The number of fused-ring (bicyclic) bond motifs is 1. The fraction of sp³-hybridized carbons (Fsp3) is 0.350. The molecule has 1 N–H and O–H groups in total. The summed E-state index contributed by atoms with van der Waals surface area (Å²) in [6, 6.07) is 9.85. The van der Waals surface area contributed by atoms with E-state index in [1.165, 1.54) is 0 Å². The van der Waals surface area contributed by atoms with Gasteiger partial charge in [-0.25, -0.2) is 4.98 Å². The molecular weight excluding hydrogens is 364 g/mol. The van der Waals surface area contributed by atoms with Gasteiger partial charge in [-0.3, -0.25) is 4.79 Å². The van der Waals surface area contributed by atoms with Crippen molar-refractivity contribution >= 4 is 34.3 Å². The highest BCUT2D eigenvalue weighted by molar-refractivity contribution is 6.33. The second kappa shape index (κ2) is 7.19. The first-order chi connectivity index (χ1) is 13.0. The number of amides is 1. The van der Waals surface area contributed by atoms with Crippen LogP contribution in [0.5, 0.6) is 0 Å². The van der Waals surface area contributed by atoms with Crippen molar-refractivity contribution in [1.82, 2.24) is 15.0 Å². The van der Waals surface area contributed by atoms with Crippen LogP contribution >= 0.6 is 11.6 Å². The van der Waals surface area contributed by atoms with Crippen molar-refractivity contribution in [3.05, 3.63) is 52.3 Å². The van der Waals surface area contributed by atoms with Crippen LogP contribution in [0.25, 0.3) is 11.1 Å². The molecule has 1 aliphatic heterocycles. The Kier molecular flexibility index (Phi) is 4.74. The number of carbonyl (C=O) groups is 1. The Morgan fingerprint density at radius 1 is 1.26 bits per heavy atom. The Labute approximate surface area is 162 Å². The molecule has 1 fully saturated rings. The molecule has 0 bridgehead atoms. The zero-order valence-corrected chi connectivity index (χ0v) is 16.1. The lowest BCUT2D eigenvalue weighted by Gasteiger charge is -2.33. The fourth-order valence-electron chi connectivity index (χ4n) is 3.58. The smallest absolute Gasteiger partial charge is 0.258 e. The lowest BCUT2D eigenvalue weighted by molar-refractivity contribution is 0.0720. The van der Waals surface area contributed by atoms with Crippen molar-refractivity contribution in [1.29, 1.82) is 0 Å². The molecule has 3 aromatic rings. The largest absolute Gasteiger partial charge is 0.381 e. The van der Waals surface area contributed by atoms with Crippen LogP contribution in [-0.4, -0.2) is 40.1 Å². The van der Waals surface area contributed by atoms with Crippen LogP contribution in [0.2, 0.25) is 5.02 Å².